The van der Waals surface area contributed by atoms with E-state index in [2.05, 4.69) is 15.2 Å². The summed E-state index contributed by atoms with van der Waals surface area (Å²) >= 11 is 0. The molecule has 3 aromatic heterocycles. The van der Waals surface area contributed by atoms with E-state index in [0.717, 1.165) is 56.6 Å². The van der Waals surface area contributed by atoms with Crippen LogP contribution in [0.5, 0.6) is 0 Å². The summed E-state index contributed by atoms with van der Waals surface area (Å²) in [6.45, 7) is 0.840. The summed E-state index contributed by atoms with van der Waals surface area (Å²) in [4.78, 5) is 14.2. The van der Waals surface area contributed by atoms with Gasteiger partial charge in [-0.1, -0.05) is 0 Å². The molecule has 1 amide bonds. The fourth-order valence-electron chi connectivity index (χ4n) is 3.61. The van der Waals surface area contributed by atoms with Gasteiger partial charge in [0.05, 0.1) is 17.3 Å². The van der Waals surface area contributed by atoms with Gasteiger partial charge in [-0.15, -0.1) is 0 Å². The number of aryl methyl sites for hydroxylation is 2. The summed E-state index contributed by atoms with van der Waals surface area (Å²) in [5.74, 6) is -1.10. The number of carbonyl (C=O) groups is 1. The van der Waals surface area contributed by atoms with E-state index in [1.165, 1.54) is 10.9 Å². The van der Waals surface area contributed by atoms with Crippen molar-refractivity contribution >= 4 is 5.91 Å². The molecule has 0 radical (unpaired) electrons. The Morgan fingerprint density at radius 3 is 2.32 bits per heavy atom. The number of rotatable bonds is 3. The first kappa shape index (κ1) is 23.8. The zero-order chi connectivity index (χ0) is 24.7. The highest BCUT2D eigenvalue weighted by molar-refractivity contribution is 5.93. The second-order valence-electron chi connectivity index (χ2n) is 8.09. The molecule has 4 heterocycles. The lowest BCUT2D eigenvalue weighted by Crippen LogP contribution is -2.17. The predicted molar refractivity (Wildman–Crippen MR) is 107 cm³/mol. The number of nitrogens with two attached hydrogens (primary N) is 1. The van der Waals surface area contributed by atoms with Crippen molar-refractivity contribution in [2.24, 2.45) is 5.73 Å². The first-order valence-electron chi connectivity index (χ1n) is 10.5. The summed E-state index contributed by atoms with van der Waals surface area (Å²) < 4.78 is 78.2. The minimum Gasteiger partial charge on any atom is -0.365 e. The van der Waals surface area contributed by atoms with Gasteiger partial charge < -0.3 is 5.73 Å². The van der Waals surface area contributed by atoms with E-state index in [9.17, 15) is 31.1 Å². The van der Waals surface area contributed by atoms with Crippen molar-refractivity contribution in [1.82, 2.24) is 24.5 Å². The molecule has 3 aromatic rings. The van der Waals surface area contributed by atoms with E-state index in [1.54, 1.807) is 6.07 Å². The monoisotopic (exact) mass is 486 g/mol. The Morgan fingerprint density at radius 1 is 1.03 bits per heavy atom. The summed E-state index contributed by atoms with van der Waals surface area (Å²) in [7, 11) is 0. The Hall–Kier alpha value is -3.38. The molecule has 1 aliphatic carbocycles. The number of fused-ring (bicyclic) bond motifs is 1. The van der Waals surface area contributed by atoms with Gasteiger partial charge >= 0.3 is 12.4 Å². The van der Waals surface area contributed by atoms with Crippen LogP contribution in [-0.2, 0) is 25.3 Å². The van der Waals surface area contributed by atoms with Crippen molar-refractivity contribution in [3.05, 3.63) is 53.2 Å². The van der Waals surface area contributed by atoms with Gasteiger partial charge in [0.25, 0.3) is 5.91 Å². The highest BCUT2D eigenvalue weighted by Crippen LogP contribution is 2.37. The van der Waals surface area contributed by atoms with Crippen molar-refractivity contribution < 1.29 is 31.1 Å². The normalized spacial score (nSPS) is 15.9. The summed E-state index contributed by atoms with van der Waals surface area (Å²) in [6.07, 6.45) is -2.12. The van der Waals surface area contributed by atoms with Gasteiger partial charge in [0.15, 0.2) is 5.69 Å². The highest BCUT2D eigenvalue weighted by atomic mass is 19.4. The fourth-order valence-corrected chi connectivity index (χ4v) is 3.61. The van der Waals surface area contributed by atoms with Crippen LogP contribution in [0.15, 0.2) is 30.6 Å². The number of aromatic nitrogens is 5. The van der Waals surface area contributed by atoms with Gasteiger partial charge in [-0.05, 0) is 50.3 Å². The molecule has 2 N–H and O–H groups in total. The van der Waals surface area contributed by atoms with Crippen molar-refractivity contribution in [3.63, 3.8) is 0 Å². The maximum absolute atomic E-state index is 12.6. The van der Waals surface area contributed by atoms with Crippen molar-refractivity contribution in [1.29, 1.82) is 0 Å². The summed E-state index contributed by atoms with van der Waals surface area (Å²) in [6, 6.07) is 4.46. The number of alkyl halides is 6. The topological polar surface area (TPSA) is 91.6 Å². The van der Waals surface area contributed by atoms with Gasteiger partial charge in [-0.3, -0.25) is 19.1 Å². The SMILES string of the molecule is FC(F)(F)c1cc(-c2cc3n(n2)CCCC3)ccn1.NC(=O)c1cn(C2CC2)nc1C(F)(F)F. The van der Waals surface area contributed by atoms with Crippen LogP contribution < -0.4 is 5.73 Å². The Bertz CT molecular complexity index is 1170. The number of hydrogen-bond acceptors (Lipinski definition) is 4. The molecular weight excluding hydrogens is 466 g/mol. The van der Waals surface area contributed by atoms with Crippen LogP contribution in [0.4, 0.5) is 26.3 Å². The lowest BCUT2D eigenvalue weighted by molar-refractivity contribution is -0.142. The molecule has 2 aliphatic rings. The Balaban J connectivity index is 0.000000166. The van der Waals surface area contributed by atoms with Gasteiger partial charge in [-0.2, -0.15) is 36.5 Å². The smallest absolute Gasteiger partial charge is 0.365 e. The fraction of sp³-hybridized carbons (Fsp3) is 0.429. The number of halogens is 6. The lowest BCUT2D eigenvalue weighted by Gasteiger charge is -2.11. The Labute approximate surface area is 189 Å². The average Bonchev–Trinajstić information content (AvgIpc) is 3.34. The average molecular weight is 486 g/mol. The third-order valence-electron chi connectivity index (χ3n) is 5.45. The Morgan fingerprint density at radius 2 is 1.76 bits per heavy atom. The largest absolute Gasteiger partial charge is 0.435 e. The van der Waals surface area contributed by atoms with Gasteiger partial charge in [0.2, 0.25) is 0 Å². The minimum absolute atomic E-state index is 0.0146. The minimum atomic E-state index is -4.63. The van der Waals surface area contributed by atoms with E-state index >= 15 is 0 Å². The molecule has 0 aromatic carbocycles. The molecule has 0 spiro atoms. The summed E-state index contributed by atoms with van der Waals surface area (Å²) in [5, 5.41) is 7.72. The van der Waals surface area contributed by atoms with Crippen LogP contribution in [0, 0.1) is 0 Å². The first-order chi connectivity index (χ1) is 15.9. The van der Waals surface area contributed by atoms with Crippen LogP contribution in [0.3, 0.4) is 0 Å². The number of pyridine rings is 1. The zero-order valence-electron chi connectivity index (χ0n) is 17.7. The van der Waals surface area contributed by atoms with Crippen LogP contribution in [0.2, 0.25) is 0 Å². The standard InChI is InChI=1S/C13H12F3N3.C8H8F3N3O/c14-13(15,16)12-7-9(4-5-17-12)11-8-10-3-1-2-6-19(10)18-11;9-8(10,11)6-5(7(12)15)3-14(13-6)4-1-2-4/h4-5,7-8H,1-3,6H2;3-4H,1-2H2,(H2,12,15). The summed E-state index contributed by atoms with van der Waals surface area (Å²) in [5.41, 5.74) is 4.36. The van der Waals surface area contributed by atoms with Crippen molar-refractivity contribution in [2.45, 2.75) is 57.0 Å². The maximum Gasteiger partial charge on any atom is 0.435 e. The molecule has 182 valence electrons. The number of hydrogen-bond donors (Lipinski definition) is 1. The molecule has 7 nitrogen and oxygen atoms in total. The Kier molecular flexibility index (Phi) is 6.13. The van der Waals surface area contributed by atoms with Crippen LogP contribution in [0.25, 0.3) is 11.3 Å². The second-order valence-corrected chi connectivity index (χ2v) is 8.09. The molecule has 34 heavy (non-hydrogen) atoms. The molecular formula is C21H20F6N6O. The first-order valence-corrected chi connectivity index (χ1v) is 10.5. The zero-order valence-corrected chi connectivity index (χ0v) is 17.7. The number of primary amides is 1. The number of carbonyl (C=O) groups excluding carboxylic acids is 1. The quantitative estimate of drug-likeness (QED) is 0.547. The van der Waals surface area contributed by atoms with Crippen LogP contribution in [-0.4, -0.2) is 30.5 Å². The van der Waals surface area contributed by atoms with E-state index in [-0.39, 0.29) is 6.04 Å². The maximum atomic E-state index is 12.6. The molecule has 1 fully saturated rings. The second kappa shape index (κ2) is 8.76. The van der Waals surface area contributed by atoms with E-state index in [0.29, 0.717) is 11.3 Å². The van der Waals surface area contributed by atoms with Gasteiger partial charge in [0, 0.05) is 30.2 Å². The molecule has 0 atom stereocenters. The predicted octanol–water partition coefficient (Wildman–Crippen LogP) is 4.64. The van der Waals surface area contributed by atoms with Crippen LogP contribution >= 0.6 is 0 Å². The molecule has 0 bridgehead atoms. The third-order valence-corrected chi connectivity index (χ3v) is 5.45. The van der Waals surface area contributed by atoms with Gasteiger partial charge in [-0.25, -0.2) is 0 Å². The van der Waals surface area contributed by atoms with Crippen molar-refractivity contribution in [2.75, 3.05) is 0 Å². The molecule has 13 heteroatoms. The van der Waals surface area contributed by atoms with E-state index < -0.39 is 35.2 Å². The molecule has 0 unspecified atom stereocenters. The lowest BCUT2D eigenvalue weighted by atomic mass is 10.1. The molecule has 1 aliphatic heterocycles. The number of amides is 1. The molecule has 0 saturated heterocycles. The molecule has 1 saturated carbocycles. The number of nitrogens with zero attached hydrogens (tertiary/aromatic N) is 5. The van der Waals surface area contributed by atoms with Gasteiger partial charge in [0.1, 0.15) is 5.69 Å². The molecule has 5 rings (SSSR count). The van der Waals surface area contributed by atoms with E-state index in [1.807, 2.05) is 10.7 Å². The van der Waals surface area contributed by atoms with Crippen molar-refractivity contribution in [3.8, 4) is 11.3 Å². The van der Waals surface area contributed by atoms with E-state index in [4.69, 9.17) is 5.73 Å². The highest BCUT2D eigenvalue weighted by Gasteiger charge is 2.40. The third kappa shape index (κ3) is 5.23. The van der Waals surface area contributed by atoms with Crippen LogP contribution in [0.1, 0.15) is 59.2 Å².